The fourth-order valence-electron chi connectivity index (χ4n) is 2.82. The normalized spacial score (nSPS) is 18.0. The van der Waals surface area contributed by atoms with Crippen molar-refractivity contribution in [3.8, 4) is 0 Å². The Morgan fingerprint density at radius 2 is 1.79 bits per heavy atom. The molecule has 1 aliphatic rings. The van der Waals surface area contributed by atoms with Crippen molar-refractivity contribution in [1.29, 1.82) is 0 Å². The number of hydrogen-bond acceptors (Lipinski definition) is 4. The van der Waals surface area contributed by atoms with Gasteiger partial charge in [-0.2, -0.15) is 8.78 Å². The van der Waals surface area contributed by atoms with Crippen molar-refractivity contribution < 1.29 is 26.7 Å². The van der Waals surface area contributed by atoms with Crippen LogP contribution in [0.1, 0.15) is 30.1 Å². The number of benzene rings is 1. The summed E-state index contributed by atoms with van der Waals surface area (Å²) in [6.45, 7) is 3.91. The van der Waals surface area contributed by atoms with Crippen LogP contribution in [0.3, 0.4) is 0 Å². The number of piperidine rings is 1. The topological polar surface area (TPSA) is 63.7 Å². The van der Waals surface area contributed by atoms with Gasteiger partial charge in [-0.25, -0.2) is 8.42 Å². The number of hydrogen-bond donors (Lipinski definition) is 0. The summed E-state index contributed by atoms with van der Waals surface area (Å²) in [5, 5.41) is 0. The van der Waals surface area contributed by atoms with E-state index in [4.69, 9.17) is 4.74 Å². The molecule has 0 saturated carbocycles. The minimum Gasteiger partial charge on any atom is -0.384 e. The second-order valence-electron chi connectivity index (χ2n) is 6.37. The first kappa shape index (κ1) is 18.8. The van der Waals surface area contributed by atoms with E-state index < -0.39 is 20.5 Å². The van der Waals surface area contributed by atoms with Gasteiger partial charge in [0, 0.05) is 25.8 Å². The van der Waals surface area contributed by atoms with Gasteiger partial charge < -0.3 is 9.64 Å². The number of carbonyl (C=O) groups is 1. The number of alkyl halides is 2. The molecule has 8 heteroatoms. The minimum absolute atomic E-state index is 0.0424. The van der Waals surface area contributed by atoms with Crippen LogP contribution in [-0.2, 0) is 14.6 Å². The third kappa shape index (κ3) is 3.92. The fraction of sp³-hybridized carbons (Fsp3) is 0.562. The Morgan fingerprint density at radius 3 is 2.25 bits per heavy atom. The lowest BCUT2D eigenvalue weighted by Crippen LogP contribution is -2.43. The summed E-state index contributed by atoms with van der Waals surface area (Å²) in [5.74, 6) is -3.70. The highest BCUT2D eigenvalue weighted by atomic mass is 32.2. The highest BCUT2D eigenvalue weighted by Crippen LogP contribution is 2.31. The van der Waals surface area contributed by atoms with Crippen LogP contribution in [0.15, 0.2) is 29.2 Å². The Labute approximate surface area is 140 Å². The molecule has 1 aliphatic heterocycles. The number of rotatable bonds is 5. The average molecular weight is 361 g/mol. The zero-order chi connectivity index (χ0) is 18.0. The van der Waals surface area contributed by atoms with E-state index in [0.29, 0.717) is 25.3 Å². The number of ether oxygens (including phenoxy) is 1. The highest BCUT2D eigenvalue weighted by molar-refractivity contribution is 7.91. The number of nitrogens with zero attached hydrogens (tertiary/aromatic N) is 1. The van der Waals surface area contributed by atoms with Gasteiger partial charge in [-0.3, -0.25) is 4.79 Å². The molecule has 134 valence electrons. The van der Waals surface area contributed by atoms with E-state index in [1.165, 1.54) is 12.1 Å². The van der Waals surface area contributed by atoms with Gasteiger partial charge in [-0.15, -0.1) is 0 Å². The molecule has 24 heavy (non-hydrogen) atoms. The molecule has 5 nitrogen and oxygen atoms in total. The lowest BCUT2D eigenvalue weighted by molar-refractivity contribution is 0.0301. The van der Waals surface area contributed by atoms with Crippen LogP contribution in [0.4, 0.5) is 8.78 Å². The standard InChI is InChI=1S/C16H21F2NO4S/c1-16(11-23-2)7-9-19(10-8-16)14(20)12-3-5-13(6-4-12)24(21,22)15(17)18/h3-6,15H,7-11H2,1-2H3. The Bertz CT molecular complexity index is 681. The number of amides is 1. The number of halogens is 2. The van der Waals surface area contributed by atoms with Crippen molar-refractivity contribution in [3.05, 3.63) is 29.8 Å². The molecular weight excluding hydrogens is 340 g/mol. The third-order valence-corrected chi connectivity index (χ3v) is 5.81. The highest BCUT2D eigenvalue weighted by Gasteiger charge is 2.32. The van der Waals surface area contributed by atoms with Crippen molar-refractivity contribution in [1.82, 2.24) is 4.90 Å². The third-order valence-electron chi connectivity index (χ3n) is 4.41. The summed E-state index contributed by atoms with van der Waals surface area (Å²) in [5.41, 5.74) is 0.333. The maximum absolute atomic E-state index is 12.5. The summed E-state index contributed by atoms with van der Waals surface area (Å²) in [6.07, 6.45) is 1.62. The van der Waals surface area contributed by atoms with Crippen LogP contribution in [0.25, 0.3) is 0 Å². The van der Waals surface area contributed by atoms with E-state index in [9.17, 15) is 22.0 Å². The maximum atomic E-state index is 12.5. The van der Waals surface area contributed by atoms with Crippen molar-refractivity contribution in [2.75, 3.05) is 26.8 Å². The van der Waals surface area contributed by atoms with E-state index >= 15 is 0 Å². The molecule has 0 aliphatic carbocycles. The Hall–Kier alpha value is -1.54. The van der Waals surface area contributed by atoms with E-state index in [1.54, 1.807) is 12.0 Å². The molecule has 1 heterocycles. The number of methoxy groups -OCH3 is 1. The van der Waals surface area contributed by atoms with Crippen molar-refractivity contribution >= 4 is 15.7 Å². The quantitative estimate of drug-likeness (QED) is 0.809. The molecule has 1 aromatic carbocycles. The average Bonchev–Trinajstić information content (AvgIpc) is 2.55. The molecule has 0 N–H and O–H groups in total. The van der Waals surface area contributed by atoms with E-state index in [0.717, 1.165) is 25.0 Å². The van der Waals surface area contributed by atoms with Gasteiger partial charge in [0.15, 0.2) is 0 Å². The Kier molecular flexibility index (Phi) is 5.59. The molecule has 0 bridgehead atoms. The first-order valence-electron chi connectivity index (χ1n) is 7.60. The van der Waals surface area contributed by atoms with E-state index in [-0.39, 0.29) is 11.3 Å². The zero-order valence-corrected chi connectivity index (χ0v) is 14.5. The molecule has 0 spiro atoms. The van der Waals surface area contributed by atoms with Gasteiger partial charge in [-0.05, 0) is 42.5 Å². The largest absolute Gasteiger partial charge is 0.384 e. The van der Waals surface area contributed by atoms with E-state index in [2.05, 4.69) is 6.92 Å². The Morgan fingerprint density at radius 1 is 1.25 bits per heavy atom. The van der Waals surface area contributed by atoms with Gasteiger partial charge in [0.1, 0.15) is 0 Å². The Balaban J connectivity index is 2.07. The molecule has 2 rings (SSSR count). The summed E-state index contributed by atoms with van der Waals surface area (Å²) in [7, 11) is -2.99. The van der Waals surface area contributed by atoms with Gasteiger partial charge >= 0.3 is 5.76 Å². The molecule has 0 radical (unpaired) electrons. The van der Waals surface area contributed by atoms with Crippen LogP contribution in [0, 0.1) is 5.41 Å². The van der Waals surface area contributed by atoms with Crippen LogP contribution >= 0.6 is 0 Å². The van der Waals surface area contributed by atoms with Crippen molar-refractivity contribution in [2.24, 2.45) is 5.41 Å². The molecule has 0 aromatic heterocycles. The molecule has 1 aromatic rings. The number of likely N-dealkylation sites (tertiary alicyclic amines) is 1. The summed E-state index contributed by atoms with van der Waals surface area (Å²) >= 11 is 0. The summed E-state index contributed by atoms with van der Waals surface area (Å²) in [6, 6.07) is 4.66. The van der Waals surface area contributed by atoms with Gasteiger partial charge in [0.2, 0.25) is 9.84 Å². The van der Waals surface area contributed by atoms with Gasteiger partial charge in [0.05, 0.1) is 11.5 Å². The first-order chi connectivity index (χ1) is 11.2. The smallest absolute Gasteiger partial charge is 0.341 e. The molecule has 0 atom stereocenters. The monoisotopic (exact) mass is 361 g/mol. The number of sulfone groups is 1. The van der Waals surface area contributed by atoms with Crippen LogP contribution in [0.5, 0.6) is 0 Å². The van der Waals surface area contributed by atoms with Crippen molar-refractivity contribution in [3.63, 3.8) is 0 Å². The zero-order valence-electron chi connectivity index (χ0n) is 13.7. The minimum atomic E-state index is -4.64. The predicted molar refractivity (Wildman–Crippen MR) is 84.8 cm³/mol. The molecular formula is C16H21F2NO4S. The SMILES string of the molecule is COCC1(C)CCN(C(=O)c2ccc(S(=O)(=O)C(F)F)cc2)CC1. The second kappa shape index (κ2) is 7.14. The lowest BCUT2D eigenvalue weighted by Gasteiger charge is -2.39. The van der Waals surface area contributed by atoms with Crippen molar-refractivity contribution in [2.45, 2.75) is 30.4 Å². The fourth-order valence-corrected chi connectivity index (χ4v) is 3.54. The lowest BCUT2D eigenvalue weighted by atomic mass is 9.81. The van der Waals surface area contributed by atoms with E-state index in [1.807, 2.05) is 0 Å². The summed E-state index contributed by atoms with van der Waals surface area (Å²) < 4.78 is 53.0. The molecule has 1 fully saturated rings. The second-order valence-corrected chi connectivity index (χ2v) is 8.28. The van der Waals surface area contributed by atoms with Crippen LogP contribution in [0.2, 0.25) is 0 Å². The maximum Gasteiger partial charge on any atom is 0.341 e. The summed E-state index contributed by atoms with van der Waals surface area (Å²) in [4.78, 5) is 13.7. The molecule has 1 saturated heterocycles. The molecule has 1 amide bonds. The molecule has 0 unspecified atom stereocenters. The predicted octanol–water partition coefficient (Wildman–Crippen LogP) is 2.57. The van der Waals surface area contributed by atoms with Crippen LogP contribution in [-0.4, -0.2) is 51.8 Å². The van der Waals surface area contributed by atoms with Gasteiger partial charge in [0.25, 0.3) is 5.91 Å². The van der Waals surface area contributed by atoms with Gasteiger partial charge in [-0.1, -0.05) is 6.92 Å². The number of carbonyl (C=O) groups excluding carboxylic acids is 1. The first-order valence-corrected chi connectivity index (χ1v) is 9.15. The van der Waals surface area contributed by atoms with Crippen LogP contribution < -0.4 is 0 Å².